The maximum absolute atomic E-state index is 11.9. The largest absolute Gasteiger partial charge is 0.392 e. The molecule has 1 atom stereocenters. The molecule has 94 valence electrons. The van der Waals surface area contributed by atoms with Gasteiger partial charge in [-0.05, 0) is 18.1 Å². The van der Waals surface area contributed by atoms with Crippen LogP contribution in [-0.4, -0.2) is 35.6 Å². The lowest BCUT2D eigenvalue weighted by Crippen LogP contribution is -2.34. The van der Waals surface area contributed by atoms with E-state index in [0.717, 1.165) is 11.1 Å². The molecule has 1 unspecified atom stereocenters. The quantitative estimate of drug-likeness (QED) is 0.783. The maximum Gasteiger partial charge on any atom is 0.226 e. The van der Waals surface area contributed by atoms with Gasteiger partial charge in [0, 0.05) is 20.1 Å². The molecule has 0 saturated carbocycles. The van der Waals surface area contributed by atoms with Gasteiger partial charge in [-0.3, -0.25) is 4.79 Å². The molecule has 0 radical (unpaired) electrons. The van der Waals surface area contributed by atoms with Crippen molar-refractivity contribution in [1.29, 1.82) is 0 Å². The van der Waals surface area contributed by atoms with Crippen molar-refractivity contribution >= 4 is 5.91 Å². The Kier molecular flexibility index (Phi) is 5.12. The minimum atomic E-state index is -0.506. The van der Waals surface area contributed by atoms with E-state index < -0.39 is 6.10 Å². The summed E-state index contributed by atoms with van der Waals surface area (Å²) in [5, 5.41) is 9.22. The van der Waals surface area contributed by atoms with Gasteiger partial charge in [-0.15, -0.1) is 0 Å². The van der Waals surface area contributed by atoms with Crippen molar-refractivity contribution in [2.24, 2.45) is 5.73 Å². The van der Waals surface area contributed by atoms with E-state index in [1.807, 2.05) is 24.3 Å². The fraction of sp³-hybridized carbons (Fsp3) is 0.462. The highest BCUT2D eigenvalue weighted by Gasteiger charge is 2.12. The Bertz CT molecular complexity index is 377. The van der Waals surface area contributed by atoms with E-state index in [9.17, 15) is 9.90 Å². The van der Waals surface area contributed by atoms with Crippen LogP contribution in [0.5, 0.6) is 0 Å². The number of rotatable bonds is 5. The van der Waals surface area contributed by atoms with Crippen molar-refractivity contribution in [2.75, 3.05) is 13.6 Å². The summed E-state index contributed by atoms with van der Waals surface area (Å²) in [7, 11) is 1.69. The second-order valence-corrected chi connectivity index (χ2v) is 4.27. The van der Waals surface area contributed by atoms with Crippen LogP contribution in [0.4, 0.5) is 0 Å². The molecule has 0 aromatic heterocycles. The van der Waals surface area contributed by atoms with Crippen molar-refractivity contribution in [3.8, 4) is 0 Å². The highest BCUT2D eigenvalue weighted by atomic mass is 16.3. The van der Waals surface area contributed by atoms with Crippen molar-refractivity contribution in [1.82, 2.24) is 4.90 Å². The first kappa shape index (κ1) is 13.7. The van der Waals surface area contributed by atoms with Gasteiger partial charge in [0.25, 0.3) is 0 Å². The number of hydrogen-bond donors (Lipinski definition) is 2. The molecule has 0 heterocycles. The Balaban J connectivity index is 2.67. The fourth-order valence-corrected chi connectivity index (χ4v) is 1.73. The third kappa shape index (κ3) is 4.17. The minimum absolute atomic E-state index is 0.00759. The maximum atomic E-state index is 11.9. The Labute approximate surface area is 102 Å². The van der Waals surface area contributed by atoms with Gasteiger partial charge in [0.1, 0.15) is 0 Å². The molecule has 4 nitrogen and oxygen atoms in total. The fourth-order valence-electron chi connectivity index (χ4n) is 1.73. The van der Waals surface area contributed by atoms with Gasteiger partial charge in [0.2, 0.25) is 5.91 Å². The lowest BCUT2D eigenvalue weighted by molar-refractivity contribution is -0.130. The summed E-state index contributed by atoms with van der Waals surface area (Å²) in [6, 6.07) is 7.65. The molecule has 0 aliphatic carbocycles. The SMILES string of the molecule is CC(O)CN(C)C(=O)Cc1ccccc1CN. The molecule has 1 rings (SSSR count). The number of likely N-dealkylation sites (N-methyl/N-ethyl adjacent to an activating group) is 1. The number of carbonyl (C=O) groups is 1. The average Bonchev–Trinajstić information content (AvgIpc) is 2.28. The average molecular weight is 236 g/mol. The van der Waals surface area contributed by atoms with Crippen LogP contribution in [0.2, 0.25) is 0 Å². The predicted octanol–water partition coefficient (Wildman–Crippen LogP) is 0.527. The number of hydrogen-bond acceptors (Lipinski definition) is 3. The first-order chi connectivity index (χ1) is 8.04. The molecule has 4 heteroatoms. The van der Waals surface area contributed by atoms with Crippen LogP contribution in [0.15, 0.2) is 24.3 Å². The molecule has 0 fully saturated rings. The molecule has 0 bridgehead atoms. The monoisotopic (exact) mass is 236 g/mol. The molecule has 3 N–H and O–H groups in total. The zero-order valence-electron chi connectivity index (χ0n) is 10.4. The number of benzene rings is 1. The molecule has 0 saturated heterocycles. The van der Waals surface area contributed by atoms with Gasteiger partial charge in [-0.25, -0.2) is 0 Å². The van der Waals surface area contributed by atoms with Crippen molar-refractivity contribution in [3.63, 3.8) is 0 Å². The van der Waals surface area contributed by atoms with Crippen molar-refractivity contribution in [3.05, 3.63) is 35.4 Å². The van der Waals surface area contributed by atoms with E-state index in [1.165, 1.54) is 4.90 Å². The standard InChI is InChI=1S/C13H20N2O2/c1-10(16)9-15(2)13(17)7-11-5-3-4-6-12(11)8-14/h3-6,10,16H,7-9,14H2,1-2H3. The normalized spacial score (nSPS) is 12.2. The first-order valence-electron chi connectivity index (χ1n) is 5.73. The number of amides is 1. The molecule has 1 aromatic rings. The lowest BCUT2D eigenvalue weighted by Gasteiger charge is -2.19. The van der Waals surface area contributed by atoms with Crippen LogP contribution in [0, 0.1) is 0 Å². The summed E-state index contributed by atoms with van der Waals surface area (Å²) in [5.74, 6) is -0.00759. The first-order valence-corrected chi connectivity index (χ1v) is 5.73. The summed E-state index contributed by atoms with van der Waals surface area (Å²) < 4.78 is 0. The van der Waals surface area contributed by atoms with E-state index in [-0.39, 0.29) is 5.91 Å². The van der Waals surface area contributed by atoms with Gasteiger partial charge >= 0.3 is 0 Å². The zero-order chi connectivity index (χ0) is 12.8. The van der Waals surface area contributed by atoms with Gasteiger partial charge in [-0.2, -0.15) is 0 Å². The summed E-state index contributed by atoms with van der Waals surface area (Å²) >= 11 is 0. The molecule has 1 amide bonds. The van der Waals surface area contributed by atoms with Crippen LogP contribution in [0.1, 0.15) is 18.1 Å². The second kappa shape index (κ2) is 6.37. The summed E-state index contributed by atoms with van der Waals surface area (Å²) in [6.45, 7) is 2.45. The third-order valence-corrected chi connectivity index (χ3v) is 2.64. The van der Waals surface area contributed by atoms with Gasteiger partial charge in [0.05, 0.1) is 12.5 Å². The summed E-state index contributed by atoms with van der Waals surface area (Å²) in [5.41, 5.74) is 7.57. The van der Waals surface area contributed by atoms with E-state index >= 15 is 0 Å². The lowest BCUT2D eigenvalue weighted by atomic mass is 10.0. The van der Waals surface area contributed by atoms with E-state index in [1.54, 1.807) is 14.0 Å². The molecule has 0 aliphatic heterocycles. The van der Waals surface area contributed by atoms with E-state index in [2.05, 4.69) is 0 Å². The van der Waals surface area contributed by atoms with Crippen LogP contribution < -0.4 is 5.73 Å². The third-order valence-electron chi connectivity index (χ3n) is 2.64. The Morgan fingerprint density at radius 1 is 1.41 bits per heavy atom. The van der Waals surface area contributed by atoms with Gasteiger partial charge in [-0.1, -0.05) is 24.3 Å². The smallest absolute Gasteiger partial charge is 0.226 e. The van der Waals surface area contributed by atoms with Crippen LogP contribution in [-0.2, 0) is 17.8 Å². The number of aliphatic hydroxyl groups excluding tert-OH is 1. The second-order valence-electron chi connectivity index (χ2n) is 4.27. The molecular weight excluding hydrogens is 216 g/mol. The van der Waals surface area contributed by atoms with Crippen molar-refractivity contribution < 1.29 is 9.90 Å². The van der Waals surface area contributed by atoms with Crippen molar-refractivity contribution in [2.45, 2.75) is 26.0 Å². The topological polar surface area (TPSA) is 66.6 Å². The van der Waals surface area contributed by atoms with Gasteiger partial charge < -0.3 is 15.7 Å². The molecule has 0 aliphatic rings. The predicted molar refractivity (Wildman–Crippen MR) is 67.4 cm³/mol. The van der Waals surface area contributed by atoms with E-state index in [0.29, 0.717) is 19.5 Å². The minimum Gasteiger partial charge on any atom is -0.392 e. The van der Waals surface area contributed by atoms with Crippen LogP contribution in [0.25, 0.3) is 0 Å². The van der Waals surface area contributed by atoms with Crippen LogP contribution >= 0.6 is 0 Å². The number of nitrogens with two attached hydrogens (primary N) is 1. The number of nitrogens with zero attached hydrogens (tertiary/aromatic N) is 1. The summed E-state index contributed by atoms with van der Waals surface area (Å²) in [4.78, 5) is 13.4. The summed E-state index contributed by atoms with van der Waals surface area (Å²) in [6.07, 6.45) is -0.176. The zero-order valence-corrected chi connectivity index (χ0v) is 10.4. The highest BCUT2D eigenvalue weighted by Crippen LogP contribution is 2.10. The van der Waals surface area contributed by atoms with E-state index in [4.69, 9.17) is 5.73 Å². The number of aliphatic hydroxyl groups is 1. The number of carbonyl (C=O) groups excluding carboxylic acids is 1. The molecule has 0 spiro atoms. The molecule has 1 aromatic carbocycles. The Hall–Kier alpha value is -1.39. The highest BCUT2D eigenvalue weighted by molar-refractivity contribution is 5.78. The Morgan fingerprint density at radius 2 is 2.00 bits per heavy atom. The molecular formula is C13H20N2O2. The molecule has 17 heavy (non-hydrogen) atoms. The van der Waals surface area contributed by atoms with Gasteiger partial charge in [0.15, 0.2) is 0 Å². The van der Waals surface area contributed by atoms with Crippen LogP contribution in [0.3, 0.4) is 0 Å². The Morgan fingerprint density at radius 3 is 2.53 bits per heavy atom.